The molecule has 0 spiro atoms. The molecule has 0 aromatic rings. The van der Waals surface area contributed by atoms with E-state index in [1.807, 2.05) is 0 Å². The number of fused-ring (bicyclic) bond motifs is 1. The minimum Gasteiger partial charge on any atom is -0.466 e. The van der Waals surface area contributed by atoms with Crippen molar-refractivity contribution in [3.8, 4) is 0 Å². The van der Waals surface area contributed by atoms with Gasteiger partial charge in [-0.05, 0) is 30.6 Å². The molecule has 12 heavy (non-hydrogen) atoms. The Morgan fingerprint density at radius 3 is 3.00 bits per heavy atom. The van der Waals surface area contributed by atoms with Crippen LogP contribution in [0.25, 0.3) is 0 Å². The largest absolute Gasteiger partial charge is 0.466 e. The highest BCUT2D eigenvalue weighted by Gasteiger charge is 2.43. The number of carbonyl (C=O) groups is 1. The van der Waals surface area contributed by atoms with E-state index in [2.05, 4.69) is 0 Å². The topological polar surface area (TPSA) is 26.3 Å². The Morgan fingerprint density at radius 2 is 2.33 bits per heavy atom. The van der Waals surface area contributed by atoms with Gasteiger partial charge in [-0.3, -0.25) is 4.79 Å². The first-order valence-corrected chi connectivity index (χ1v) is 4.90. The van der Waals surface area contributed by atoms with Crippen molar-refractivity contribution in [3.05, 3.63) is 0 Å². The molecule has 0 unspecified atom stereocenters. The van der Waals surface area contributed by atoms with Gasteiger partial charge < -0.3 is 4.74 Å². The molecule has 0 N–H and O–H groups in total. The molecule has 2 aliphatic rings. The zero-order valence-electron chi connectivity index (χ0n) is 7.58. The van der Waals surface area contributed by atoms with E-state index in [0.29, 0.717) is 12.5 Å². The summed E-state index contributed by atoms with van der Waals surface area (Å²) in [6.07, 6.45) is 5.49. The standard InChI is InChI=1S/C10H16O2/c1-7(11)12-6-9-5-8-3-2-4-10(8)9/h8-10H,2-6H2,1H3/t8-,9-,10-/m0/s1. The number of ether oxygens (including phenoxy) is 1. The summed E-state index contributed by atoms with van der Waals surface area (Å²) in [7, 11) is 0. The van der Waals surface area contributed by atoms with Crippen molar-refractivity contribution in [1.82, 2.24) is 0 Å². The summed E-state index contributed by atoms with van der Waals surface area (Å²) in [5.41, 5.74) is 0. The zero-order valence-corrected chi connectivity index (χ0v) is 7.58. The normalized spacial score (nSPS) is 38.6. The first kappa shape index (κ1) is 8.09. The highest BCUT2D eigenvalue weighted by atomic mass is 16.5. The predicted octanol–water partition coefficient (Wildman–Crippen LogP) is 1.99. The molecule has 2 heteroatoms. The van der Waals surface area contributed by atoms with Gasteiger partial charge in [-0.25, -0.2) is 0 Å². The lowest BCUT2D eigenvalue weighted by Gasteiger charge is -2.39. The minimum atomic E-state index is -0.128. The molecule has 68 valence electrons. The van der Waals surface area contributed by atoms with Crippen LogP contribution in [0.15, 0.2) is 0 Å². The van der Waals surface area contributed by atoms with Crippen molar-refractivity contribution in [2.45, 2.75) is 32.6 Å². The molecule has 0 radical (unpaired) electrons. The number of hydrogen-bond acceptors (Lipinski definition) is 2. The molecule has 0 bridgehead atoms. The quantitative estimate of drug-likeness (QED) is 0.589. The fourth-order valence-corrected chi connectivity index (χ4v) is 2.76. The summed E-state index contributed by atoms with van der Waals surface area (Å²) >= 11 is 0. The maximum absolute atomic E-state index is 10.6. The molecule has 0 heterocycles. The monoisotopic (exact) mass is 168 g/mol. The Balaban J connectivity index is 1.74. The molecule has 3 atom stereocenters. The highest BCUT2D eigenvalue weighted by Crippen LogP contribution is 2.50. The van der Waals surface area contributed by atoms with Crippen LogP contribution < -0.4 is 0 Å². The Bertz CT molecular complexity index is 188. The average Bonchev–Trinajstić information content (AvgIpc) is 2.32. The van der Waals surface area contributed by atoms with Gasteiger partial charge in [-0.2, -0.15) is 0 Å². The fraction of sp³-hybridized carbons (Fsp3) is 0.900. The van der Waals surface area contributed by atoms with E-state index in [4.69, 9.17) is 4.74 Å². The van der Waals surface area contributed by atoms with Crippen LogP contribution in [0.2, 0.25) is 0 Å². The van der Waals surface area contributed by atoms with Crippen LogP contribution in [0.3, 0.4) is 0 Å². The molecule has 0 amide bonds. The summed E-state index contributed by atoms with van der Waals surface area (Å²) in [5.74, 6) is 2.44. The lowest BCUT2D eigenvalue weighted by molar-refractivity contribution is -0.145. The van der Waals surface area contributed by atoms with Gasteiger partial charge in [0, 0.05) is 6.92 Å². The van der Waals surface area contributed by atoms with E-state index >= 15 is 0 Å². The zero-order chi connectivity index (χ0) is 8.55. The van der Waals surface area contributed by atoms with Gasteiger partial charge in [-0.1, -0.05) is 12.8 Å². The van der Waals surface area contributed by atoms with Crippen LogP contribution in [0.5, 0.6) is 0 Å². The number of hydrogen-bond donors (Lipinski definition) is 0. The first-order chi connectivity index (χ1) is 5.77. The van der Waals surface area contributed by atoms with E-state index in [0.717, 1.165) is 11.8 Å². The molecule has 0 aliphatic heterocycles. The molecule has 2 fully saturated rings. The summed E-state index contributed by atoms with van der Waals surface area (Å²) in [5, 5.41) is 0. The van der Waals surface area contributed by atoms with E-state index < -0.39 is 0 Å². The Labute approximate surface area is 73.3 Å². The van der Waals surface area contributed by atoms with E-state index in [9.17, 15) is 4.79 Å². The fourth-order valence-electron chi connectivity index (χ4n) is 2.76. The second kappa shape index (κ2) is 3.08. The van der Waals surface area contributed by atoms with Gasteiger partial charge in [-0.15, -0.1) is 0 Å². The molecular weight excluding hydrogens is 152 g/mol. The summed E-state index contributed by atoms with van der Waals surface area (Å²) in [6.45, 7) is 2.17. The lowest BCUT2D eigenvalue weighted by Crippen LogP contribution is -2.36. The van der Waals surface area contributed by atoms with Crippen molar-refractivity contribution in [2.24, 2.45) is 17.8 Å². The third-order valence-corrected chi connectivity index (χ3v) is 3.43. The van der Waals surface area contributed by atoms with Crippen LogP contribution >= 0.6 is 0 Å². The second-order valence-electron chi connectivity index (χ2n) is 4.15. The van der Waals surface area contributed by atoms with Crippen molar-refractivity contribution in [2.75, 3.05) is 6.61 Å². The number of rotatable bonds is 2. The molecule has 0 saturated heterocycles. The van der Waals surface area contributed by atoms with Gasteiger partial charge >= 0.3 is 5.97 Å². The molecule has 2 nitrogen and oxygen atoms in total. The van der Waals surface area contributed by atoms with Gasteiger partial charge in [0.1, 0.15) is 0 Å². The smallest absolute Gasteiger partial charge is 0.302 e. The number of carbonyl (C=O) groups excluding carboxylic acids is 1. The van der Waals surface area contributed by atoms with Gasteiger partial charge in [0.05, 0.1) is 6.61 Å². The molecular formula is C10H16O2. The van der Waals surface area contributed by atoms with Crippen molar-refractivity contribution >= 4 is 5.97 Å². The average molecular weight is 168 g/mol. The van der Waals surface area contributed by atoms with Crippen molar-refractivity contribution < 1.29 is 9.53 Å². The van der Waals surface area contributed by atoms with Crippen molar-refractivity contribution in [3.63, 3.8) is 0 Å². The van der Waals surface area contributed by atoms with Crippen molar-refractivity contribution in [1.29, 1.82) is 0 Å². The molecule has 0 aromatic heterocycles. The van der Waals surface area contributed by atoms with Gasteiger partial charge in [0.2, 0.25) is 0 Å². The van der Waals surface area contributed by atoms with Gasteiger partial charge in [0.25, 0.3) is 0 Å². The van der Waals surface area contributed by atoms with E-state index in [-0.39, 0.29) is 5.97 Å². The predicted molar refractivity (Wildman–Crippen MR) is 45.6 cm³/mol. The maximum Gasteiger partial charge on any atom is 0.302 e. The van der Waals surface area contributed by atoms with Crippen LogP contribution in [-0.4, -0.2) is 12.6 Å². The third kappa shape index (κ3) is 1.35. The van der Waals surface area contributed by atoms with E-state index in [1.54, 1.807) is 0 Å². The minimum absolute atomic E-state index is 0.128. The SMILES string of the molecule is CC(=O)OC[C@@H]1C[C@@H]2CCC[C@H]12. The summed E-state index contributed by atoms with van der Waals surface area (Å²) in [4.78, 5) is 10.6. The Kier molecular flexibility index (Phi) is 2.07. The van der Waals surface area contributed by atoms with E-state index in [1.165, 1.54) is 32.6 Å². The second-order valence-corrected chi connectivity index (χ2v) is 4.15. The van der Waals surface area contributed by atoms with Gasteiger partial charge in [0.15, 0.2) is 0 Å². The molecule has 0 aromatic carbocycles. The molecule has 2 aliphatic carbocycles. The van der Waals surface area contributed by atoms with Crippen LogP contribution in [0.1, 0.15) is 32.6 Å². The van der Waals surface area contributed by atoms with Crippen LogP contribution in [0, 0.1) is 17.8 Å². The number of esters is 1. The maximum atomic E-state index is 10.6. The first-order valence-electron chi connectivity index (χ1n) is 4.90. The van der Waals surface area contributed by atoms with Crippen LogP contribution in [0.4, 0.5) is 0 Å². The Morgan fingerprint density at radius 1 is 1.50 bits per heavy atom. The van der Waals surface area contributed by atoms with Crippen LogP contribution in [-0.2, 0) is 9.53 Å². The highest BCUT2D eigenvalue weighted by molar-refractivity contribution is 5.65. The third-order valence-electron chi connectivity index (χ3n) is 3.43. The summed E-state index contributed by atoms with van der Waals surface area (Å²) in [6, 6.07) is 0. The molecule has 2 rings (SSSR count). The lowest BCUT2D eigenvalue weighted by atomic mass is 9.67. The Hall–Kier alpha value is -0.530. The molecule has 2 saturated carbocycles. The summed E-state index contributed by atoms with van der Waals surface area (Å²) < 4.78 is 5.02.